The molecule has 1 saturated heterocycles. The third-order valence-electron chi connectivity index (χ3n) is 5.28. The van der Waals surface area contributed by atoms with Crippen LogP contribution in [0.25, 0.3) is 22.3 Å². The summed E-state index contributed by atoms with van der Waals surface area (Å²) in [6.07, 6.45) is 3.23. The van der Waals surface area contributed by atoms with Gasteiger partial charge in [-0.3, -0.25) is 0 Å². The van der Waals surface area contributed by atoms with E-state index in [-0.39, 0.29) is 17.0 Å². The molecule has 1 aliphatic heterocycles. The summed E-state index contributed by atoms with van der Waals surface area (Å²) in [5, 5.41) is 11.0. The molecule has 0 saturated carbocycles. The molecule has 1 atom stereocenters. The highest BCUT2D eigenvalue weighted by Gasteiger charge is 2.31. The first kappa shape index (κ1) is 18.7. The lowest BCUT2D eigenvalue weighted by Crippen LogP contribution is -2.33. The quantitative estimate of drug-likeness (QED) is 0.648. The zero-order chi connectivity index (χ0) is 19.9. The van der Waals surface area contributed by atoms with E-state index in [1.54, 1.807) is 24.3 Å². The van der Waals surface area contributed by atoms with Crippen molar-refractivity contribution in [2.75, 3.05) is 11.4 Å². The Labute approximate surface area is 165 Å². The number of fused-ring (bicyclic) bond motifs is 1. The average Bonchev–Trinajstić information content (AvgIpc) is 3.07. The number of para-hydroxylation sites is 1. The van der Waals surface area contributed by atoms with Gasteiger partial charge in [0.2, 0.25) is 0 Å². The molecule has 4 rings (SSSR count). The number of benzene rings is 2. The second kappa shape index (κ2) is 7.04. The topological polar surface area (TPSA) is 49.2 Å². The smallest absolute Gasteiger partial charge is 0.165 e. The second-order valence-electron chi connectivity index (χ2n) is 8.80. The van der Waals surface area contributed by atoms with Crippen LogP contribution in [0.4, 0.5) is 10.2 Å². The third kappa shape index (κ3) is 3.66. The van der Waals surface area contributed by atoms with Gasteiger partial charge in [-0.1, -0.05) is 32.9 Å². The van der Waals surface area contributed by atoms with Crippen LogP contribution in [0.5, 0.6) is 5.75 Å². The first-order valence-electron chi connectivity index (χ1n) is 9.84. The number of phenols is 1. The van der Waals surface area contributed by atoms with E-state index in [1.165, 1.54) is 12.1 Å². The van der Waals surface area contributed by atoms with E-state index in [2.05, 4.69) is 30.7 Å². The number of aromatic nitrogens is 2. The van der Waals surface area contributed by atoms with Crippen LogP contribution in [0.1, 0.15) is 40.0 Å². The zero-order valence-electron chi connectivity index (χ0n) is 16.6. The average molecular weight is 379 g/mol. The maximum atomic E-state index is 14.0. The molecule has 3 aromatic rings. The van der Waals surface area contributed by atoms with Crippen LogP contribution >= 0.6 is 0 Å². The lowest BCUT2D eigenvalue weighted by molar-refractivity contribution is 0.339. The lowest BCUT2D eigenvalue weighted by atomic mass is 9.87. The van der Waals surface area contributed by atoms with Gasteiger partial charge in [-0.2, -0.15) is 0 Å². The van der Waals surface area contributed by atoms with Crippen molar-refractivity contribution >= 4 is 16.7 Å². The highest BCUT2D eigenvalue weighted by atomic mass is 19.1. The van der Waals surface area contributed by atoms with Crippen LogP contribution in [0.15, 0.2) is 42.5 Å². The summed E-state index contributed by atoms with van der Waals surface area (Å²) in [6.45, 7) is 7.63. The van der Waals surface area contributed by atoms with E-state index in [9.17, 15) is 9.50 Å². The molecule has 2 aromatic carbocycles. The summed E-state index contributed by atoms with van der Waals surface area (Å²) in [5.74, 6) is 1.07. The minimum atomic E-state index is -0.292. The molecule has 0 spiro atoms. The minimum absolute atomic E-state index is 0.141. The monoisotopic (exact) mass is 379 g/mol. The van der Waals surface area contributed by atoms with Crippen LogP contribution in [0, 0.1) is 11.2 Å². The van der Waals surface area contributed by atoms with Crippen molar-refractivity contribution in [3.63, 3.8) is 0 Å². The lowest BCUT2D eigenvalue weighted by Gasteiger charge is -2.32. The van der Waals surface area contributed by atoms with Gasteiger partial charge in [0.25, 0.3) is 0 Å². The summed E-state index contributed by atoms with van der Waals surface area (Å²) >= 11 is 0. The molecule has 1 fully saturated rings. The molecule has 1 aliphatic rings. The fraction of sp³-hybridized carbons (Fsp3) is 0.391. The predicted octanol–water partition coefficient (Wildman–Crippen LogP) is 5.55. The van der Waals surface area contributed by atoms with Crippen molar-refractivity contribution < 1.29 is 9.50 Å². The van der Waals surface area contributed by atoms with E-state index >= 15 is 0 Å². The molecule has 0 radical (unpaired) electrons. The second-order valence-corrected chi connectivity index (χ2v) is 8.80. The predicted molar refractivity (Wildman–Crippen MR) is 111 cm³/mol. The number of anilines is 1. The van der Waals surface area contributed by atoms with Crippen molar-refractivity contribution in [2.24, 2.45) is 5.41 Å². The van der Waals surface area contributed by atoms with Crippen LogP contribution in [0.2, 0.25) is 0 Å². The first-order valence-corrected chi connectivity index (χ1v) is 9.84. The molecular formula is C23H26FN3O. The molecule has 146 valence electrons. The van der Waals surface area contributed by atoms with Gasteiger partial charge < -0.3 is 10.0 Å². The van der Waals surface area contributed by atoms with Gasteiger partial charge in [0.15, 0.2) is 5.82 Å². The number of hydrogen-bond donors (Lipinski definition) is 1. The van der Waals surface area contributed by atoms with Gasteiger partial charge in [0.05, 0.1) is 11.1 Å². The van der Waals surface area contributed by atoms with Gasteiger partial charge >= 0.3 is 0 Å². The maximum absolute atomic E-state index is 14.0. The van der Waals surface area contributed by atoms with Crippen LogP contribution in [0.3, 0.4) is 0 Å². The Morgan fingerprint density at radius 2 is 1.93 bits per heavy atom. The fourth-order valence-corrected chi connectivity index (χ4v) is 4.12. The Morgan fingerprint density at radius 3 is 2.68 bits per heavy atom. The number of phenolic OH excluding ortho intramolecular Hbond substituents is 1. The van der Waals surface area contributed by atoms with Crippen molar-refractivity contribution in [3.05, 3.63) is 48.3 Å². The molecule has 0 bridgehead atoms. The van der Waals surface area contributed by atoms with E-state index in [4.69, 9.17) is 4.98 Å². The summed E-state index contributed by atoms with van der Waals surface area (Å²) in [5.41, 5.74) is 1.47. The number of halogens is 1. The molecule has 28 heavy (non-hydrogen) atoms. The fourth-order valence-electron chi connectivity index (χ4n) is 4.12. The summed E-state index contributed by atoms with van der Waals surface area (Å²) in [7, 11) is 0. The molecule has 1 N–H and O–H groups in total. The number of aromatic hydroxyl groups is 1. The zero-order valence-corrected chi connectivity index (χ0v) is 16.6. The van der Waals surface area contributed by atoms with E-state index < -0.39 is 0 Å². The van der Waals surface area contributed by atoms with Crippen molar-refractivity contribution in [3.8, 4) is 17.1 Å². The molecule has 4 nitrogen and oxygen atoms in total. The Morgan fingerprint density at radius 1 is 1.14 bits per heavy atom. The van der Waals surface area contributed by atoms with Crippen molar-refractivity contribution in [1.29, 1.82) is 0 Å². The first-order chi connectivity index (χ1) is 13.3. The van der Waals surface area contributed by atoms with Gasteiger partial charge in [-0.15, -0.1) is 0 Å². The third-order valence-corrected chi connectivity index (χ3v) is 5.28. The van der Waals surface area contributed by atoms with Crippen LogP contribution in [-0.4, -0.2) is 27.7 Å². The Bertz CT molecular complexity index is 1010. The van der Waals surface area contributed by atoms with E-state index in [1.807, 2.05) is 6.07 Å². The Balaban J connectivity index is 1.88. The SMILES string of the molecule is CC(C)(C)C[C@H]1CCCN1c1nc(-c2ccccc2O)nc2ccc(F)cc12. The minimum Gasteiger partial charge on any atom is -0.507 e. The summed E-state index contributed by atoms with van der Waals surface area (Å²) in [4.78, 5) is 11.7. The van der Waals surface area contributed by atoms with Crippen LogP contribution < -0.4 is 4.90 Å². The van der Waals surface area contributed by atoms with Crippen molar-refractivity contribution in [1.82, 2.24) is 9.97 Å². The van der Waals surface area contributed by atoms with Crippen LogP contribution in [-0.2, 0) is 0 Å². The van der Waals surface area contributed by atoms with Crippen molar-refractivity contribution in [2.45, 2.75) is 46.1 Å². The molecule has 5 heteroatoms. The Kier molecular flexibility index (Phi) is 4.69. The largest absolute Gasteiger partial charge is 0.507 e. The molecule has 1 aromatic heterocycles. The van der Waals surface area contributed by atoms with Gasteiger partial charge in [0, 0.05) is 18.0 Å². The molecular weight excluding hydrogens is 353 g/mol. The van der Waals surface area contributed by atoms with Gasteiger partial charge in [0.1, 0.15) is 17.4 Å². The highest BCUT2D eigenvalue weighted by Crippen LogP contribution is 2.37. The summed E-state index contributed by atoms with van der Waals surface area (Å²) in [6, 6.07) is 12.1. The molecule has 0 unspecified atom stereocenters. The van der Waals surface area contributed by atoms with E-state index in [0.29, 0.717) is 22.9 Å². The number of nitrogens with zero attached hydrogens (tertiary/aromatic N) is 3. The van der Waals surface area contributed by atoms with Gasteiger partial charge in [-0.25, -0.2) is 14.4 Å². The number of hydrogen-bond acceptors (Lipinski definition) is 4. The standard InChI is InChI=1S/C23H26FN3O/c1-23(2,3)14-16-7-6-12-27(16)22-18-13-15(24)10-11-19(18)25-21(26-22)17-8-4-5-9-20(17)28/h4-5,8-11,13,16,28H,6-7,12,14H2,1-3H3/t16-/m1/s1. The van der Waals surface area contributed by atoms with E-state index in [0.717, 1.165) is 37.0 Å². The normalized spacial score (nSPS) is 17.4. The maximum Gasteiger partial charge on any atom is 0.165 e. The number of rotatable bonds is 3. The van der Waals surface area contributed by atoms with Gasteiger partial charge in [-0.05, 0) is 55.0 Å². The molecule has 0 aliphatic carbocycles. The molecule has 0 amide bonds. The summed E-state index contributed by atoms with van der Waals surface area (Å²) < 4.78 is 14.0. The Hall–Kier alpha value is -2.69. The molecule has 2 heterocycles. The highest BCUT2D eigenvalue weighted by molar-refractivity contribution is 5.91.